The Morgan fingerprint density at radius 1 is 1.80 bits per heavy atom. The lowest BCUT2D eigenvalue weighted by Gasteiger charge is -2.00. The fraction of sp³-hybridized carbons (Fsp3) is 0.875. The molecular formula is C8H16O2. The van der Waals surface area contributed by atoms with Crippen molar-refractivity contribution < 1.29 is 15.4 Å². The lowest BCUT2D eigenvalue weighted by atomic mass is 10.1. The summed E-state index contributed by atoms with van der Waals surface area (Å²) >= 11 is 0. The SMILES string of the molecule is [2H]C([2H])([2H])[C@]([2H])(O)C(=O)CCCCC. The molecule has 0 amide bonds. The van der Waals surface area contributed by atoms with Gasteiger partial charge in [-0.15, -0.1) is 0 Å². The van der Waals surface area contributed by atoms with E-state index < -0.39 is 18.7 Å². The maximum absolute atomic E-state index is 11.2. The molecule has 0 aliphatic carbocycles. The van der Waals surface area contributed by atoms with Crippen molar-refractivity contribution in [1.82, 2.24) is 0 Å². The lowest BCUT2D eigenvalue weighted by Crippen LogP contribution is -2.15. The van der Waals surface area contributed by atoms with Crippen LogP contribution >= 0.6 is 0 Å². The second kappa shape index (κ2) is 5.42. The Kier molecular flexibility index (Phi) is 2.44. The third-order valence-corrected chi connectivity index (χ3v) is 1.27. The number of Topliss-reactive ketones (excluding diaryl/α,β-unsaturated/α-hetero) is 1. The Morgan fingerprint density at radius 3 is 3.00 bits per heavy atom. The van der Waals surface area contributed by atoms with Crippen molar-refractivity contribution in [3.05, 3.63) is 0 Å². The van der Waals surface area contributed by atoms with E-state index in [2.05, 4.69) is 0 Å². The summed E-state index contributed by atoms with van der Waals surface area (Å²) in [6.07, 6.45) is -0.778. The van der Waals surface area contributed by atoms with Gasteiger partial charge >= 0.3 is 0 Å². The number of carbonyl (C=O) groups excluding carboxylic acids is 1. The third-order valence-electron chi connectivity index (χ3n) is 1.27. The molecular weight excluding hydrogens is 128 g/mol. The van der Waals surface area contributed by atoms with E-state index in [1.54, 1.807) is 0 Å². The molecule has 0 saturated heterocycles. The monoisotopic (exact) mass is 148 g/mol. The second-order valence-corrected chi connectivity index (χ2v) is 2.23. The van der Waals surface area contributed by atoms with Crippen LogP contribution in [0.1, 0.15) is 44.9 Å². The van der Waals surface area contributed by atoms with Gasteiger partial charge in [-0.3, -0.25) is 4.79 Å². The van der Waals surface area contributed by atoms with Gasteiger partial charge in [-0.2, -0.15) is 0 Å². The number of unbranched alkanes of at least 4 members (excludes halogenated alkanes) is 2. The van der Waals surface area contributed by atoms with E-state index in [1.165, 1.54) is 0 Å². The van der Waals surface area contributed by atoms with Crippen molar-refractivity contribution in [3.8, 4) is 0 Å². The van der Waals surface area contributed by atoms with Crippen molar-refractivity contribution in [3.63, 3.8) is 0 Å². The van der Waals surface area contributed by atoms with Gasteiger partial charge in [0.05, 0.1) is 1.37 Å². The molecule has 1 N–H and O–H groups in total. The standard InChI is InChI=1S/C8H16O2/c1-3-4-5-6-8(10)7(2)9/h7,9H,3-6H2,1-2H3/t7-/m0/s1/i2D3,7D. The molecule has 2 heteroatoms. The largest absolute Gasteiger partial charge is 0.386 e. The van der Waals surface area contributed by atoms with Crippen LogP contribution in [0.2, 0.25) is 0 Å². The minimum atomic E-state index is -2.96. The third kappa shape index (κ3) is 4.50. The average molecular weight is 148 g/mol. The van der Waals surface area contributed by atoms with Crippen molar-refractivity contribution >= 4 is 5.78 Å². The van der Waals surface area contributed by atoms with E-state index in [0.717, 1.165) is 12.8 Å². The van der Waals surface area contributed by atoms with Crippen LogP contribution in [0, 0.1) is 0 Å². The molecule has 0 aliphatic heterocycles. The Morgan fingerprint density at radius 2 is 2.50 bits per heavy atom. The van der Waals surface area contributed by atoms with E-state index in [1.807, 2.05) is 6.92 Å². The summed E-state index contributed by atoms with van der Waals surface area (Å²) in [6.45, 7) is -1.02. The molecule has 1 atom stereocenters. The zero-order valence-corrected chi connectivity index (χ0v) is 6.18. The van der Waals surface area contributed by atoms with E-state index in [-0.39, 0.29) is 6.42 Å². The van der Waals surface area contributed by atoms with Gasteiger partial charge in [0.15, 0.2) is 5.78 Å². The number of carbonyl (C=O) groups is 1. The van der Waals surface area contributed by atoms with Crippen molar-refractivity contribution in [1.29, 1.82) is 0 Å². The predicted octanol–water partition coefficient (Wildman–Crippen LogP) is 1.52. The number of ketones is 1. The Hall–Kier alpha value is -0.370. The van der Waals surface area contributed by atoms with Crippen molar-refractivity contribution in [2.45, 2.75) is 45.5 Å². The van der Waals surface area contributed by atoms with Gasteiger partial charge in [0, 0.05) is 10.5 Å². The van der Waals surface area contributed by atoms with Gasteiger partial charge in [-0.05, 0) is 13.3 Å². The average Bonchev–Trinajstić information content (AvgIpc) is 2.02. The number of aliphatic hydroxyl groups is 1. The first-order valence-electron chi connectivity index (χ1n) is 5.49. The molecule has 0 rings (SSSR count). The van der Waals surface area contributed by atoms with E-state index in [4.69, 9.17) is 5.48 Å². The van der Waals surface area contributed by atoms with Gasteiger partial charge in [-0.1, -0.05) is 19.8 Å². The molecule has 0 aromatic carbocycles. The number of rotatable bonds is 5. The summed E-state index contributed by atoms with van der Waals surface area (Å²) in [5.74, 6) is -0.925. The predicted molar refractivity (Wildman–Crippen MR) is 40.8 cm³/mol. The first kappa shape index (κ1) is 4.50. The summed E-state index contributed by atoms with van der Waals surface area (Å²) in [4.78, 5) is 11.2. The first-order chi connectivity index (χ1) is 6.23. The molecule has 0 aliphatic rings. The molecule has 2 nitrogen and oxygen atoms in total. The topological polar surface area (TPSA) is 37.3 Å². The van der Waals surface area contributed by atoms with E-state index >= 15 is 0 Å². The number of hydrogen-bond acceptors (Lipinski definition) is 2. The van der Waals surface area contributed by atoms with E-state index in [0.29, 0.717) is 6.42 Å². The van der Waals surface area contributed by atoms with Crippen LogP contribution in [0.15, 0.2) is 0 Å². The molecule has 0 bridgehead atoms. The second-order valence-electron chi connectivity index (χ2n) is 2.23. The van der Waals surface area contributed by atoms with Gasteiger partial charge in [0.2, 0.25) is 0 Å². The highest BCUT2D eigenvalue weighted by Gasteiger charge is 2.06. The van der Waals surface area contributed by atoms with Crippen LogP contribution in [0.5, 0.6) is 0 Å². The lowest BCUT2D eigenvalue weighted by molar-refractivity contribution is -0.126. The van der Waals surface area contributed by atoms with Crippen molar-refractivity contribution in [2.24, 2.45) is 0 Å². The highest BCUT2D eigenvalue weighted by molar-refractivity contribution is 5.82. The maximum Gasteiger partial charge on any atom is 0.160 e. The molecule has 0 radical (unpaired) electrons. The summed E-state index contributed by atoms with van der Waals surface area (Å²) in [6, 6.07) is 0. The van der Waals surface area contributed by atoms with E-state index in [9.17, 15) is 9.90 Å². The molecule has 0 saturated carbocycles. The molecule has 0 unspecified atom stereocenters. The zero-order chi connectivity index (χ0) is 11.4. The van der Waals surface area contributed by atoms with Gasteiger partial charge < -0.3 is 5.11 Å². The molecule has 10 heavy (non-hydrogen) atoms. The summed E-state index contributed by atoms with van der Waals surface area (Å²) < 4.78 is 27.5. The zero-order valence-electron chi connectivity index (χ0n) is 10.2. The molecule has 0 spiro atoms. The smallest absolute Gasteiger partial charge is 0.160 e. The van der Waals surface area contributed by atoms with Crippen LogP contribution in [-0.4, -0.2) is 17.0 Å². The van der Waals surface area contributed by atoms with Crippen LogP contribution in [0.25, 0.3) is 0 Å². The van der Waals surface area contributed by atoms with Crippen LogP contribution in [0.4, 0.5) is 0 Å². The van der Waals surface area contributed by atoms with Gasteiger partial charge in [0.25, 0.3) is 0 Å². The molecule has 60 valence electrons. The fourth-order valence-corrected chi connectivity index (χ4v) is 0.654. The summed E-state index contributed by atoms with van der Waals surface area (Å²) in [5.41, 5.74) is 0. The Balaban J connectivity index is 4.23. The molecule has 0 aromatic heterocycles. The van der Waals surface area contributed by atoms with Gasteiger partial charge in [0.1, 0.15) is 6.08 Å². The number of hydrogen-bond donors (Lipinski definition) is 1. The molecule has 0 fully saturated rings. The Labute approximate surface area is 67.9 Å². The molecule has 0 heterocycles. The van der Waals surface area contributed by atoms with Crippen LogP contribution < -0.4 is 0 Å². The minimum Gasteiger partial charge on any atom is -0.386 e. The van der Waals surface area contributed by atoms with Crippen LogP contribution in [-0.2, 0) is 4.79 Å². The first-order valence-corrected chi connectivity index (χ1v) is 3.49. The minimum absolute atomic E-state index is 0.0494. The van der Waals surface area contributed by atoms with Crippen molar-refractivity contribution in [2.75, 3.05) is 0 Å². The highest BCUT2D eigenvalue weighted by Crippen LogP contribution is 2.01. The molecule has 0 aromatic rings. The summed E-state index contributed by atoms with van der Waals surface area (Å²) in [7, 11) is 0. The normalized spacial score (nSPS) is 23.4. The van der Waals surface area contributed by atoms with Gasteiger partial charge in [-0.25, -0.2) is 0 Å². The summed E-state index contributed by atoms with van der Waals surface area (Å²) in [5, 5.41) is 9.17. The highest BCUT2D eigenvalue weighted by atomic mass is 16.3. The fourth-order valence-electron chi connectivity index (χ4n) is 0.654. The quantitative estimate of drug-likeness (QED) is 0.600. The van der Waals surface area contributed by atoms with Crippen LogP contribution in [0.3, 0.4) is 0 Å². The maximum atomic E-state index is 11.2. The Bertz CT molecular complexity index is 198.